The number of carbonyl (C=O) groups is 1. The van der Waals surface area contributed by atoms with Crippen LogP contribution in [0.4, 0.5) is 0 Å². The SMILES string of the molecule is O=C(c1ccncc1)N1C[C@@H]2C[C@H](C1)c1ccc(-c3cncnc3)c(=O)n1C2. The Bertz CT molecular complexity index is 1080. The van der Waals surface area contributed by atoms with E-state index in [0.29, 0.717) is 30.8 Å². The number of aromatic nitrogens is 4. The smallest absolute Gasteiger partial charge is 0.258 e. The average Bonchev–Trinajstić information content (AvgIpc) is 2.75. The van der Waals surface area contributed by atoms with Gasteiger partial charge in [-0.05, 0) is 36.6 Å². The van der Waals surface area contributed by atoms with Gasteiger partial charge in [-0.15, -0.1) is 0 Å². The Balaban J connectivity index is 1.47. The maximum absolute atomic E-state index is 13.1. The van der Waals surface area contributed by atoms with E-state index in [2.05, 4.69) is 15.0 Å². The van der Waals surface area contributed by atoms with Crippen molar-refractivity contribution in [3.63, 3.8) is 0 Å². The van der Waals surface area contributed by atoms with Crippen molar-refractivity contribution in [2.75, 3.05) is 13.1 Å². The molecular weight excluding hydrogens is 354 g/mol. The molecule has 7 heteroatoms. The molecule has 5 rings (SSSR count). The second-order valence-corrected chi connectivity index (χ2v) is 7.46. The molecular formula is C21H19N5O2. The van der Waals surface area contributed by atoms with Gasteiger partial charge in [-0.25, -0.2) is 9.97 Å². The van der Waals surface area contributed by atoms with Gasteiger partial charge in [0.2, 0.25) is 0 Å². The number of hydrogen-bond donors (Lipinski definition) is 0. The van der Waals surface area contributed by atoms with Crippen molar-refractivity contribution >= 4 is 5.91 Å². The summed E-state index contributed by atoms with van der Waals surface area (Å²) in [6, 6.07) is 7.38. The van der Waals surface area contributed by atoms with Crippen LogP contribution in [0.3, 0.4) is 0 Å². The van der Waals surface area contributed by atoms with Gasteiger partial charge in [-0.2, -0.15) is 0 Å². The fourth-order valence-electron chi connectivity index (χ4n) is 4.45. The van der Waals surface area contributed by atoms with Crippen molar-refractivity contribution in [3.05, 3.63) is 77.0 Å². The van der Waals surface area contributed by atoms with Gasteiger partial charge in [-0.3, -0.25) is 14.6 Å². The molecule has 1 saturated heterocycles. The number of piperidine rings is 1. The molecule has 0 aromatic carbocycles. The molecule has 2 atom stereocenters. The van der Waals surface area contributed by atoms with E-state index in [1.165, 1.54) is 6.33 Å². The highest BCUT2D eigenvalue weighted by Crippen LogP contribution is 2.36. The zero-order valence-electron chi connectivity index (χ0n) is 15.2. The normalized spacial score (nSPS) is 20.5. The molecule has 0 saturated carbocycles. The third-order valence-electron chi connectivity index (χ3n) is 5.69. The van der Waals surface area contributed by atoms with Crippen LogP contribution in [-0.4, -0.2) is 43.4 Å². The lowest BCUT2D eigenvalue weighted by Crippen LogP contribution is -2.49. The van der Waals surface area contributed by atoms with Crippen molar-refractivity contribution < 1.29 is 4.79 Å². The van der Waals surface area contributed by atoms with Gasteiger partial charge in [0.1, 0.15) is 6.33 Å². The fourth-order valence-corrected chi connectivity index (χ4v) is 4.45. The molecule has 3 aromatic heterocycles. The topological polar surface area (TPSA) is 81.0 Å². The van der Waals surface area contributed by atoms with E-state index >= 15 is 0 Å². The van der Waals surface area contributed by atoms with E-state index in [1.807, 2.05) is 21.6 Å². The van der Waals surface area contributed by atoms with Gasteiger partial charge < -0.3 is 9.47 Å². The average molecular weight is 373 g/mol. The minimum atomic E-state index is -0.00379. The zero-order chi connectivity index (χ0) is 19.1. The summed E-state index contributed by atoms with van der Waals surface area (Å²) >= 11 is 0. The predicted octanol–water partition coefficient (Wildman–Crippen LogP) is 1.96. The Morgan fingerprint density at radius 3 is 2.54 bits per heavy atom. The third kappa shape index (κ3) is 2.79. The Hall–Kier alpha value is -3.35. The number of amides is 1. The summed E-state index contributed by atoms with van der Waals surface area (Å²) < 4.78 is 1.88. The molecule has 5 heterocycles. The first-order valence-corrected chi connectivity index (χ1v) is 9.39. The van der Waals surface area contributed by atoms with E-state index in [1.54, 1.807) is 36.9 Å². The molecule has 0 radical (unpaired) electrons. The van der Waals surface area contributed by atoms with Gasteiger partial charge in [0.05, 0.1) is 5.56 Å². The molecule has 3 aromatic rings. The highest BCUT2D eigenvalue weighted by Gasteiger charge is 2.36. The summed E-state index contributed by atoms with van der Waals surface area (Å²) in [6.45, 7) is 1.93. The van der Waals surface area contributed by atoms with Crippen molar-refractivity contribution in [2.45, 2.75) is 18.9 Å². The lowest BCUT2D eigenvalue weighted by molar-refractivity contribution is 0.0594. The highest BCUT2D eigenvalue weighted by molar-refractivity contribution is 5.94. The first-order chi connectivity index (χ1) is 13.7. The largest absolute Gasteiger partial charge is 0.338 e. The zero-order valence-corrected chi connectivity index (χ0v) is 15.2. The molecule has 0 N–H and O–H groups in total. The minimum absolute atomic E-state index is 0.00379. The van der Waals surface area contributed by atoms with E-state index in [-0.39, 0.29) is 23.3 Å². The lowest BCUT2D eigenvalue weighted by atomic mass is 9.82. The number of likely N-dealkylation sites (tertiary alicyclic amines) is 1. The predicted molar refractivity (Wildman–Crippen MR) is 103 cm³/mol. The number of nitrogens with zero attached hydrogens (tertiary/aromatic N) is 5. The van der Waals surface area contributed by atoms with Crippen molar-refractivity contribution in [1.82, 2.24) is 24.4 Å². The van der Waals surface area contributed by atoms with E-state index in [0.717, 1.165) is 17.7 Å². The van der Waals surface area contributed by atoms with Crippen molar-refractivity contribution in [2.24, 2.45) is 5.92 Å². The Morgan fingerprint density at radius 1 is 0.964 bits per heavy atom. The summed E-state index contributed by atoms with van der Waals surface area (Å²) in [5.41, 5.74) is 3.01. The van der Waals surface area contributed by atoms with Crippen LogP contribution < -0.4 is 5.56 Å². The quantitative estimate of drug-likeness (QED) is 0.686. The Morgan fingerprint density at radius 2 is 1.75 bits per heavy atom. The van der Waals surface area contributed by atoms with Gasteiger partial charge in [0.25, 0.3) is 11.5 Å². The fraction of sp³-hybridized carbons (Fsp3) is 0.286. The van der Waals surface area contributed by atoms with Crippen LogP contribution >= 0.6 is 0 Å². The molecule has 140 valence electrons. The van der Waals surface area contributed by atoms with Crippen LogP contribution in [-0.2, 0) is 6.54 Å². The molecule has 7 nitrogen and oxygen atoms in total. The van der Waals surface area contributed by atoms with Crippen LogP contribution in [0.15, 0.2) is 60.2 Å². The van der Waals surface area contributed by atoms with Crippen LogP contribution in [0.5, 0.6) is 0 Å². The number of fused-ring (bicyclic) bond motifs is 4. The summed E-state index contributed by atoms with van der Waals surface area (Å²) in [4.78, 5) is 39.9. The summed E-state index contributed by atoms with van der Waals surface area (Å²) in [5.74, 6) is 0.482. The van der Waals surface area contributed by atoms with Crippen LogP contribution in [0, 0.1) is 5.92 Å². The van der Waals surface area contributed by atoms with Crippen molar-refractivity contribution in [1.29, 1.82) is 0 Å². The maximum atomic E-state index is 13.1. The molecule has 2 aliphatic rings. The first kappa shape index (κ1) is 16.8. The van der Waals surface area contributed by atoms with Gasteiger partial charge in [0.15, 0.2) is 0 Å². The summed E-state index contributed by atoms with van der Waals surface area (Å²) in [6.07, 6.45) is 9.07. The number of rotatable bonds is 2. The van der Waals surface area contributed by atoms with Crippen LogP contribution in [0.2, 0.25) is 0 Å². The number of carbonyl (C=O) groups excluding carboxylic acids is 1. The van der Waals surface area contributed by atoms with E-state index < -0.39 is 0 Å². The highest BCUT2D eigenvalue weighted by atomic mass is 16.2. The van der Waals surface area contributed by atoms with Gasteiger partial charge in [-0.1, -0.05) is 0 Å². The van der Waals surface area contributed by atoms with Crippen molar-refractivity contribution in [3.8, 4) is 11.1 Å². The monoisotopic (exact) mass is 373 g/mol. The third-order valence-corrected chi connectivity index (χ3v) is 5.69. The molecule has 0 unspecified atom stereocenters. The Labute approximate surface area is 161 Å². The second kappa shape index (κ2) is 6.67. The molecule has 1 fully saturated rings. The van der Waals surface area contributed by atoms with Crippen LogP contribution in [0.25, 0.3) is 11.1 Å². The lowest BCUT2D eigenvalue weighted by Gasteiger charge is -2.43. The molecule has 2 aliphatic heterocycles. The molecule has 28 heavy (non-hydrogen) atoms. The van der Waals surface area contributed by atoms with E-state index in [4.69, 9.17) is 0 Å². The molecule has 0 spiro atoms. The van der Waals surface area contributed by atoms with Gasteiger partial charge >= 0.3 is 0 Å². The first-order valence-electron chi connectivity index (χ1n) is 9.39. The van der Waals surface area contributed by atoms with E-state index in [9.17, 15) is 9.59 Å². The standard InChI is InChI=1S/C21H19N5O2/c27-20(15-3-5-22-6-4-15)25-10-14-7-16(12-25)19-2-1-18(21(28)26(19)11-14)17-8-23-13-24-9-17/h1-6,8-9,13-14,16H,7,10-12H2/t14-,16+/m0/s1. The second-order valence-electron chi connectivity index (χ2n) is 7.46. The summed E-state index contributed by atoms with van der Waals surface area (Å²) in [7, 11) is 0. The summed E-state index contributed by atoms with van der Waals surface area (Å²) in [5, 5.41) is 0. The number of hydrogen-bond acceptors (Lipinski definition) is 5. The molecule has 0 aliphatic carbocycles. The van der Waals surface area contributed by atoms with Gasteiger partial charge in [0, 0.05) is 67.2 Å². The minimum Gasteiger partial charge on any atom is -0.338 e. The molecule has 1 amide bonds. The Kier molecular flexibility index (Phi) is 4.00. The van der Waals surface area contributed by atoms with Crippen LogP contribution in [0.1, 0.15) is 28.4 Å². The maximum Gasteiger partial charge on any atom is 0.258 e. The molecule has 2 bridgehead atoms. The number of pyridine rings is 2.